The molecule has 126 valence electrons. The van der Waals surface area contributed by atoms with Crippen LogP contribution < -0.4 is 0 Å². The molecule has 0 bridgehead atoms. The summed E-state index contributed by atoms with van der Waals surface area (Å²) in [6.45, 7) is 5.96. The van der Waals surface area contributed by atoms with Gasteiger partial charge in [0, 0.05) is 19.0 Å². The second kappa shape index (κ2) is 7.49. The number of likely N-dealkylation sites (tertiary alicyclic amines) is 1. The number of hydrogen-bond acceptors (Lipinski definition) is 4. The first kappa shape index (κ1) is 16.5. The van der Waals surface area contributed by atoms with Crippen LogP contribution in [0.2, 0.25) is 5.15 Å². The van der Waals surface area contributed by atoms with E-state index >= 15 is 0 Å². The number of H-pyrrole nitrogens is 1. The zero-order valence-corrected chi connectivity index (χ0v) is 14.7. The second-order valence-electron chi connectivity index (χ2n) is 6.40. The number of nitrogens with zero attached hydrogens (tertiary/aromatic N) is 3. The van der Waals surface area contributed by atoms with Gasteiger partial charge in [-0.15, -0.1) is 0 Å². The average molecular weight is 337 g/mol. The number of hydrogen-bond donors (Lipinski definition) is 1. The van der Waals surface area contributed by atoms with Gasteiger partial charge in [0.05, 0.1) is 11.7 Å². The van der Waals surface area contributed by atoms with Gasteiger partial charge in [0.15, 0.2) is 5.15 Å². The van der Waals surface area contributed by atoms with Crippen molar-refractivity contribution in [3.8, 4) is 0 Å². The van der Waals surface area contributed by atoms with Crippen LogP contribution in [-0.4, -0.2) is 26.6 Å². The minimum Gasteiger partial charge on any atom is -0.361 e. The minimum atomic E-state index is 0.305. The number of aryl methyl sites for hydroxylation is 2. The highest BCUT2D eigenvalue weighted by atomic mass is 35.5. The van der Waals surface area contributed by atoms with Crippen molar-refractivity contribution in [1.29, 1.82) is 0 Å². The van der Waals surface area contributed by atoms with Crippen LogP contribution in [0.25, 0.3) is 0 Å². The smallest absolute Gasteiger partial charge is 0.151 e. The molecular weight excluding hydrogens is 312 g/mol. The Labute approximate surface area is 142 Å². The summed E-state index contributed by atoms with van der Waals surface area (Å²) in [6, 6.07) is 2.35. The molecule has 23 heavy (non-hydrogen) atoms. The largest absolute Gasteiger partial charge is 0.361 e. The highest BCUT2D eigenvalue weighted by Crippen LogP contribution is 2.32. The fourth-order valence-electron chi connectivity index (χ4n) is 3.27. The van der Waals surface area contributed by atoms with Gasteiger partial charge in [0.25, 0.3) is 0 Å². The van der Waals surface area contributed by atoms with Gasteiger partial charge in [-0.25, -0.2) is 4.98 Å². The Morgan fingerprint density at radius 1 is 1.43 bits per heavy atom. The van der Waals surface area contributed by atoms with Gasteiger partial charge in [-0.3, -0.25) is 4.90 Å². The Morgan fingerprint density at radius 2 is 2.30 bits per heavy atom. The third kappa shape index (κ3) is 3.96. The van der Waals surface area contributed by atoms with Gasteiger partial charge in [-0.05, 0) is 32.7 Å². The van der Waals surface area contributed by atoms with E-state index in [0.717, 1.165) is 61.7 Å². The molecule has 0 amide bonds. The Kier molecular flexibility index (Phi) is 5.38. The first-order valence-electron chi connectivity index (χ1n) is 8.58. The fourth-order valence-corrected chi connectivity index (χ4v) is 3.48. The number of aromatic amines is 1. The monoisotopic (exact) mass is 336 g/mol. The normalized spacial score (nSPS) is 19.3. The fraction of sp³-hybridized carbons (Fsp3) is 0.647. The minimum absolute atomic E-state index is 0.305. The molecule has 0 aliphatic carbocycles. The lowest BCUT2D eigenvalue weighted by Crippen LogP contribution is -2.33. The summed E-state index contributed by atoms with van der Waals surface area (Å²) >= 11 is 6.34. The third-order valence-electron chi connectivity index (χ3n) is 4.51. The molecule has 1 N–H and O–H groups in total. The number of rotatable bonds is 6. The second-order valence-corrected chi connectivity index (χ2v) is 6.76. The summed E-state index contributed by atoms with van der Waals surface area (Å²) in [4.78, 5) is 10.3. The van der Waals surface area contributed by atoms with Gasteiger partial charge in [-0.2, -0.15) is 0 Å². The molecule has 2 aromatic heterocycles. The number of aromatic nitrogens is 3. The number of nitrogens with one attached hydrogen (secondary N) is 1. The molecule has 1 aliphatic rings. The van der Waals surface area contributed by atoms with Crippen molar-refractivity contribution in [1.82, 2.24) is 20.0 Å². The quantitative estimate of drug-likeness (QED) is 0.847. The summed E-state index contributed by atoms with van der Waals surface area (Å²) in [5.41, 5.74) is 2.05. The number of imidazole rings is 1. The van der Waals surface area contributed by atoms with Crippen LogP contribution in [0.1, 0.15) is 68.0 Å². The van der Waals surface area contributed by atoms with Gasteiger partial charge in [-0.1, -0.05) is 36.5 Å². The Morgan fingerprint density at radius 3 is 3.04 bits per heavy atom. The first-order valence-corrected chi connectivity index (χ1v) is 8.95. The predicted octanol–water partition coefficient (Wildman–Crippen LogP) is 4.43. The van der Waals surface area contributed by atoms with E-state index in [1.807, 2.05) is 13.0 Å². The van der Waals surface area contributed by atoms with Gasteiger partial charge < -0.3 is 9.51 Å². The van der Waals surface area contributed by atoms with E-state index in [9.17, 15) is 0 Å². The lowest BCUT2D eigenvalue weighted by molar-refractivity contribution is 0.132. The van der Waals surface area contributed by atoms with Gasteiger partial charge in [0.2, 0.25) is 0 Å². The number of piperidine rings is 1. The van der Waals surface area contributed by atoms with Crippen molar-refractivity contribution in [3.05, 3.63) is 34.2 Å². The number of halogens is 1. The molecule has 5 nitrogen and oxygen atoms in total. The highest BCUT2D eigenvalue weighted by Gasteiger charge is 2.27. The maximum atomic E-state index is 6.34. The molecule has 1 atom stereocenters. The molecule has 2 aromatic rings. The molecule has 0 aromatic carbocycles. The van der Waals surface area contributed by atoms with Crippen molar-refractivity contribution in [3.63, 3.8) is 0 Å². The van der Waals surface area contributed by atoms with E-state index < -0.39 is 0 Å². The zero-order valence-electron chi connectivity index (χ0n) is 13.9. The molecule has 0 radical (unpaired) electrons. The lowest BCUT2D eigenvalue weighted by Gasteiger charge is -2.34. The molecule has 1 saturated heterocycles. The zero-order chi connectivity index (χ0) is 16.2. The third-order valence-corrected chi connectivity index (χ3v) is 4.82. The van der Waals surface area contributed by atoms with Crippen LogP contribution in [0.15, 0.2) is 10.6 Å². The van der Waals surface area contributed by atoms with Crippen molar-refractivity contribution in [2.45, 2.75) is 65.0 Å². The van der Waals surface area contributed by atoms with E-state index in [-0.39, 0.29) is 0 Å². The van der Waals surface area contributed by atoms with Crippen LogP contribution in [-0.2, 0) is 13.0 Å². The summed E-state index contributed by atoms with van der Waals surface area (Å²) in [6.07, 6.45) is 6.80. The molecule has 0 spiro atoms. The summed E-state index contributed by atoms with van der Waals surface area (Å²) in [5.74, 6) is 1.87. The molecule has 0 saturated carbocycles. The van der Waals surface area contributed by atoms with Crippen molar-refractivity contribution in [2.75, 3.05) is 6.54 Å². The SMILES string of the molecule is CCCCc1nc(Cl)c(CN2CCCC[C@@H]2c2cc(C)on2)[nH]1. The van der Waals surface area contributed by atoms with Crippen LogP contribution in [0.3, 0.4) is 0 Å². The molecule has 6 heteroatoms. The summed E-state index contributed by atoms with van der Waals surface area (Å²) in [5, 5.41) is 4.83. The van der Waals surface area contributed by atoms with E-state index in [4.69, 9.17) is 16.1 Å². The van der Waals surface area contributed by atoms with E-state index in [2.05, 4.69) is 26.9 Å². The number of unbranched alkanes of at least 4 members (excludes halogenated alkanes) is 1. The first-order chi connectivity index (χ1) is 11.2. The van der Waals surface area contributed by atoms with Gasteiger partial charge >= 0.3 is 0 Å². The van der Waals surface area contributed by atoms with Crippen molar-refractivity contribution < 1.29 is 4.52 Å². The summed E-state index contributed by atoms with van der Waals surface area (Å²) < 4.78 is 5.27. The van der Waals surface area contributed by atoms with Crippen LogP contribution >= 0.6 is 11.6 Å². The standard InChI is InChI=1S/C17H25ClN4O/c1-3-4-8-16-19-14(17(18)20-16)11-22-9-6-5-7-15(22)13-10-12(2)23-21-13/h10,15H,3-9,11H2,1-2H3,(H,19,20)/t15-/m1/s1. The topological polar surface area (TPSA) is 58.0 Å². The Balaban J connectivity index is 1.73. The Hall–Kier alpha value is -1.33. The van der Waals surface area contributed by atoms with Crippen LogP contribution in [0, 0.1) is 6.92 Å². The Bertz CT molecular complexity index is 636. The molecule has 1 fully saturated rings. The van der Waals surface area contributed by atoms with Crippen molar-refractivity contribution in [2.24, 2.45) is 0 Å². The summed E-state index contributed by atoms with van der Waals surface area (Å²) in [7, 11) is 0. The van der Waals surface area contributed by atoms with Gasteiger partial charge in [0.1, 0.15) is 17.3 Å². The predicted molar refractivity (Wildman–Crippen MR) is 90.5 cm³/mol. The van der Waals surface area contributed by atoms with E-state index in [1.165, 1.54) is 12.8 Å². The maximum Gasteiger partial charge on any atom is 0.151 e. The highest BCUT2D eigenvalue weighted by molar-refractivity contribution is 6.30. The molecule has 0 unspecified atom stereocenters. The van der Waals surface area contributed by atoms with Crippen LogP contribution in [0.4, 0.5) is 0 Å². The average Bonchev–Trinajstić information content (AvgIpc) is 3.12. The van der Waals surface area contributed by atoms with E-state index in [0.29, 0.717) is 11.2 Å². The maximum absolute atomic E-state index is 6.34. The molecule has 1 aliphatic heterocycles. The van der Waals surface area contributed by atoms with E-state index in [1.54, 1.807) is 0 Å². The molecule has 3 heterocycles. The molecular formula is C17H25ClN4O. The van der Waals surface area contributed by atoms with Crippen molar-refractivity contribution >= 4 is 11.6 Å². The lowest BCUT2D eigenvalue weighted by atomic mass is 9.99. The van der Waals surface area contributed by atoms with Crippen LogP contribution in [0.5, 0.6) is 0 Å². The molecule has 3 rings (SSSR count).